The van der Waals surface area contributed by atoms with Crippen LogP contribution in [0.4, 0.5) is 14.5 Å². The molecule has 7 heteroatoms. The maximum absolute atomic E-state index is 13.7. The first-order chi connectivity index (χ1) is 14.0. The van der Waals surface area contributed by atoms with Crippen molar-refractivity contribution >= 4 is 22.4 Å². The van der Waals surface area contributed by atoms with Gasteiger partial charge in [-0.05, 0) is 42.9 Å². The third-order valence-corrected chi connectivity index (χ3v) is 5.42. The van der Waals surface area contributed by atoms with Crippen LogP contribution in [-0.2, 0) is 4.79 Å². The normalized spacial score (nSPS) is 20.8. The average molecular weight is 394 g/mol. The van der Waals surface area contributed by atoms with E-state index in [1.807, 2.05) is 42.5 Å². The first-order valence-corrected chi connectivity index (χ1v) is 9.61. The van der Waals surface area contributed by atoms with Crippen LogP contribution in [-0.4, -0.2) is 23.4 Å². The molecule has 0 saturated heterocycles. The Balaban J connectivity index is 1.53. The predicted molar refractivity (Wildman–Crippen MR) is 108 cm³/mol. The van der Waals surface area contributed by atoms with E-state index in [-0.39, 0.29) is 11.6 Å². The van der Waals surface area contributed by atoms with E-state index in [4.69, 9.17) is 0 Å². The summed E-state index contributed by atoms with van der Waals surface area (Å²) in [5.74, 6) is 0.0597. The molecule has 0 bridgehead atoms. The second-order valence-electron chi connectivity index (χ2n) is 7.44. The number of rotatable bonds is 3. The zero-order chi connectivity index (χ0) is 20.1. The minimum Gasteiger partial charge on any atom is -0.340 e. The lowest BCUT2D eigenvalue weighted by atomic mass is 10.1. The molecule has 1 atom stereocenters. The molecule has 1 fully saturated rings. The number of benzene rings is 2. The second-order valence-corrected chi connectivity index (χ2v) is 7.44. The molecule has 3 aliphatic rings. The van der Waals surface area contributed by atoms with E-state index in [0.29, 0.717) is 22.8 Å². The van der Waals surface area contributed by atoms with Crippen LogP contribution in [0.2, 0.25) is 0 Å². The van der Waals surface area contributed by atoms with Gasteiger partial charge in [0.1, 0.15) is 11.5 Å². The van der Waals surface area contributed by atoms with Crippen molar-refractivity contribution in [2.45, 2.75) is 32.2 Å². The molecular formula is C22H20F2N4O. The molecule has 5 nitrogen and oxygen atoms in total. The lowest BCUT2D eigenvalue weighted by molar-refractivity contribution is -0.113. The SMILES string of the molecule is CC1NN2C(C(F)F)=CC(=C3CC3)NC2=C1C(=O)Nc1cccc2ccccc12. The van der Waals surface area contributed by atoms with Gasteiger partial charge in [0.05, 0.1) is 11.6 Å². The largest absolute Gasteiger partial charge is 0.340 e. The number of alkyl halides is 2. The molecule has 1 saturated carbocycles. The third kappa shape index (κ3) is 3.07. The maximum Gasteiger partial charge on any atom is 0.280 e. The van der Waals surface area contributed by atoms with Gasteiger partial charge in [0.2, 0.25) is 0 Å². The van der Waals surface area contributed by atoms with Crippen molar-refractivity contribution in [1.82, 2.24) is 15.8 Å². The number of hydrazine groups is 1. The summed E-state index contributed by atoms with van der Waals surface area (Å²) in [5, 5.41) is 9.41. The topological polar surface area (TPSA) is 56.4 Å². The summed E-state index contributed by atoms with van der Waals surface area (Å²) < 4.78 is 27.3. The number of halogens is 2. The lowest BCUT2D eigenvalue weighted by Crippen LogP contribution is -2.43. The van der Waals surface area contributed by atoms with Crippen LogP contribution in [0.3, 0.4) is 0 Å². The van der Waals surface area contributed by atoms with Crippen LogP contribution in [0, 0.1) is 0 Å². The van der Waals surface area contributed by atoms with Gasteiger partial charge in [0.15, 0.2) is 0 Å². The quantitative estimate of drug-likeness (QED) is 0.737. The van der Waals surface area contributed by atoms with Crippen molar-refractivity contribution in [1.29, 1.82) is 0 Å². The zero-order valence-corrected chi connectivity index (χ0v) is 15.8. The molecule has 1 unspecified atom stereocenters. The van der Waals surface area contributed by atoms with Gasteiger partial charge >= 0.3 is 0 Å². The lowest BCUT2D eigenvalue weighted by Gasteiger charge is -2.30. The van der Waals surface area contributed by atoms with E-state index in [9.17, 15) is 13.6 Å². The van der Waals surface area contributed by atoms with Gasteiger partial charge in [-0.15, -0.1) is 0 Å². The van der Waals surface area contributed by atoms with Crippen molar-refractivity contribution in [2.24, 2.45) is 0 Å². The van der Waals surface area contributed by atoms with Crippen LogP contribution in [0.1, 0.15) is 19.8 Å². The molecule has 2 heterocycles. The fourth-order valence-corrected chi connectivity index (χ4v) is 3.86. The highest BCUT2D eigenvalue weighted by Gasteiger charge is 2.40. The molecule has 0 aromatic heterocycles. The van der Waals surface area contributed by atoms with Crippen molar-refractivity contribution in [3.8, 4) is 0 Å². The Bertz CT molecular complexity index is 1110. The van der Waals surface area contributed by atoms with Gasteiger partial charge < -0.3 is 10.6 Å². The molecule has 1 amide bonds. The van der Waals surface area contributed by atoms with Crippen LogP contribution in [0.15, 0.2) is 76.9 Å². The highest BCUT2D eigenvalue weighted by atomic mass is 19.3. The first-order valence-electron chi connectivity index (χ1n) is 9.61. The maximum atomic E-state index is 13.7. The molecule has 0 spiro atoms. The van der Waals surface area contributed by atoms with Gasteiger partial charge in [-0.2, -0.15) is 0 Å². The summed E-state index contributed by atoms with van der Waals surface area (Å²) in [4.78, 5) is 13.2. The summed E-state index contributed by atoms with van der Waals surface area (Å²) >= 11 is 0. The van der Waals surface area contributed by atoms with Crippen LogP contribution >= 0.6 is 0 Å². The Morgan fingerprint density at radius 2 is 1.93 bits per heavy atom. The summed E-state index contributed by atoms with van der Waals surface area (Å²) in [6, 6.07) is 13.1. The molecule has 2 aromatic carbocycles. The number of allylic oxidation sites excluding steroid dienone is 3. The molecular weight excluding hydrogens is 374 g/mol. The summed E-state index contributed by atoms with van der Waals surface area (Å²) in [7, 11) is 0. The number of carbonyl (C=O) groups is 1. The Morgan fingerprint density at radius 3 is 2.69 bits per heavy atom. The van der Waals surface area contributed by atoms with Crippen LogP contribution in [0.25, 0.3) is 10.8 Å². The molecule has 0 radical (unpaired) electrons. The molecule has 2 aromatic rings. The van der Waals surface area contributed by atoms with E-state index in [1.54, 1.807) is 6.92 Å². The monoisotopic (exact) mass is 394 g/mol. The highest BCUT2D eigenvalue weighted by Crippen LogP contribution is 2.37. The Morgan fingerprint density at radius 1 is 1.17 bits per heavy atom. The fraction of sp³-hybridized carbons (Fsp3) is 0.227. The van der Waals surface area contributed by atoms with Gasteiger partial charge in [0.25, 0.3) is 12.3 Å². The van der Waals surface area contributed by atoms with E-state index in [0.717, 1.165) is 29.2 Å². The molecule has 1 aliphatic carbocycles. The Kier molecular flexibility index (Phi) is 4.13. The van der Waals surface area contributed by atoms with Crippen molar-refractivity contribution in [2.75, 3.05) is 5.32 Å². The second kappa shape index (κ2) is 6.70. The minimum absolute atomic E-state index is 0.145. The van der Waals surface area contributed by atoms with Crippen molar-refractivity contribution < 1.29 is 13.6 Å². The van der Waals surface area contributed by atoms with Gasteiger partial charge in [-0.3, -0.25) is 9.80 Å². The summed E-state index contributed by atoms with van der Waals surface area (Å²) in [6.07, 6.45) is 0.607. The standard InChI is InChI=1S/C22H20F2N4O/c1-12-19(22(29)26-16-8-4-6-13-5-2-3-7-15(13)16)21-25-17(14-9-10-14)11-18(20(23)24)28(21)27-12/h2-8,11-12,20,25,27H,9-10H2,1H3,(H,26,29). The van der Waals surface area contributed by atoms with E-state index < -0.39 is 12.5 Å². The molecule has 29 heavy (non-hydrogen) atoms. The van der Waals surface area contributed by atoms with E-state index >= 15 is 0 Å². The third-order valence-electron chi connectivity index (χ3n) is 5.42. The number of amides is 1. The van der Waals surface area contributed by atoms with Crippen molar-refractivity contribution in [3.05, 3.63) is 76.9 Å². The number of nitrogens with one attached hydrogen (secondary N) is 3. The number of fused-ring (bicyclic) bond motifs is 2. The number of carbonyl (C=O) groups excluding carboxylic acids is 1. The van der Waals surface area contributed by atoms with Gasteiger partial charge in [0, 0.05) is 16.8 Å². The molecule has 5 rings (SSSR count). The fourth-order valence-electron chi connectivity index (χ4n) is 3.86. The number of hydrogen-bond acceptors (Lipinski definition) is 4. The van der Waals surface area contributed by atoms with Crippen LogP contribution in [0.5, 0.6) is 0 Å². The van der Waals surface area contributed by atoms with E-state index in [2.05, 4.69) is 16.1 Å². The summed E-state index contributed by atoms with van der Waals surface area (Å²) in [6.45, 7) is 1.79. The smallest absolute Gasteiger partial charge is 0.280 e. The molecule has 3 N–H and O–H groups in total. The minimum atomic E-state index is -2.65. The van der Waals surface area contributed by atoms with Gasteiger partial charge in [-0.25, -0.2) is 14.2 Å². The highest BCUT2D eigenvalue weighted by molar-refractivity contribution is 6.10. The first kappa shape index (κ1) is 17.9. The van der Waals surface area contributed by atoms with E-state index in [1.165, 1.54) is 11.1 Å². The number of anilines is 1. The zero-order valence-electron chi connectivity index (χ0n) is 15.8. The average Bonchev–Trinajstić information content (AvgIpc) is 3.49. The number of hydrogen-bond donors (Lipinski definition) is 3. The molecule has 2 aliphatic heterocycles. The predicted octanol–water partition coefficient (Wildman–Crippen LogP) is 4.00. The summed E-state index contributed by atoms with van der Waals surface area (Å²) in [5.41, 5.74) is 5.71. The number of nitrogens with zero attached hydrogens (tertiary/aromatic N) is 1. The van der Waals surface area contributed by atoms with Crippen molar-refractivity contribution in [3.63, 3.8) is 0 Å². The Hall–Kier alpha value is -3.19. The van der Waals surface area contributed by atoms with Crippen LogP contribution < -0.4 is 16.1 Å². The molecule has 148 valence electrons. The van der Waals surface area contributed by atoms with Gasteiger partial charge in [-0.1, -0.05) is 36.4 Å². The Labute approximate surface area is 166 Å².